The number of hydrogen-bond donors (Lipinski definition) is 0. The van der Waals surface area contributed by atoms with Crippen LogP contribution >= 0.6 is 11.3 Å². The average Bonchev–Trinajstić information content (AvgIpc) is 1.69. The van der Waals surface area contributed by atoms with Crippen molar-refractivity contribution in [2.45, 2.75) is 0 Å². The van der Waals surface area contributed by atoms with Gasteiger partial charge in [0.2, 0.25) is 0 Å². The maximum atomic E-state index is 10.1. The van der Waals surface area contributed by atoms with E-state index in [0.717, 1.165) is 11.3 Å². The summed E-state index contributed by atoms with van der Waals surface area (Å²) < 4.78 is 0. The first kappa shape index (κ1) is 4.39. The van der Waals surface area contributed by atoms with E-state index in [1.807, 2.05) is 0 Å². The van der Waals surface area contributed by atoms with Crippen LogP contribution in [0.4, 0.5) is 0 Å². The van der Waals surface area contributed by atoms with Crippen LogP contribution in [0.5, 0.6) is 0 Å². The summed E-state index contributed by atoms with van der Waals surface area (Å²) in [7, 11) is 0. The fraction of sp³-hybridized carbons (Fsp3) is 0. The standard InChI is InChI=1S/C3H2N2OS/c6-3-5-4-1-2-7-3/h1-2H. The molecule has 3 nitrogen and oxygen atoms in total. The third kappa shape index (κ3) is 1.04. The lowest BCUT2D eigenvalue weighted by Gasteiger charge is -1.68. The summed E-state index contributed by atoms with van der Waals surface area (Å²) in [5.74, 6) is 0. The Morgan fingerprint density at radius 3 is 2.86 bits per heavy atom. The Bertz CT molecular complexity index is 179. The molecule has 0 saturated heterocycles. The maximum absolute atomic E-state index is 10.1. The van der Waals surface area contributed by atoms with Crippen LogP contribution in [0.15, 0.2) is 16.4 Å². The topological polar surface area (TPSA) is 42.9 Å². The number of rotatable bonds is 0. The molecule has 0 fully saturated rings. The minimum atomic E-state index is -0.248. The third-order valence-electron chi connectivity index (χ3n) is 0.436. The Kier molecular flexibility index (Phi) is 1.12. The van der Waals surface area contributed by atoms with E-state index in [0.29, 0.717) is 0 Å². The molecule has 0 spiro atoms. The minimum absolute atomic E-state index is 0.248. The molecule has 1 aromatic heterocycles. The van der Waals surface area contributed by atoms with E-state index >= 15 is 0 Å². The molecule has 0 amide bonds. The minimum Gasteiger partial charge on any atom is -0.253 e. The second-order valence-electron chi connectivity index (χ2n) is 0.884. The fourth-order valence-corrected chi connectivity index (χ4v) is 0.546. The molecular formula is C3H2N2OS. The van der Waals surface area contributed by atoms with Gasteiger partial charge in [0.1, 0.15) is 0 Å². The van der Waals surface area contributed by atoms with E-state index < -0.39 is 0 Å². The van der Waals surface area contributed by atoms with E-state index in [9.17, 15) is 4.79 Å². The summed E-state index contributed by atoms with van der Waals surface area (Å²) in [6.07, 6.45) is 1.48. The van der Waals surface area contributed by atoms with Crippen LogP contribution in [0.3, 0.4) is 0 Å². The predicted molar refractivity (Wildman–Crippen MR) is 26.2 cm³/mol. The van der Waals surface area contributed by atoms with Crippen molar-refractivity contribution in [1.82, 2.24) is 10.2 Å². The smallest absolute Gasteiger partial charge is 0.253 e. The summed E-state index contributed by atoms with van der Waals surface area (Å²) in [6.45, 7) is 0. The lowest BCUT2D eigenvalue weighted by molar-refractivity contribution is 1.02. The first-order chi connectivity index (χ1) is 3.39. The van der Waals surface area contributed by atoms with Crippen molar-refractivity contribution in [3.05, 3.63) is 21.2 Å². The van der Waals surface area contributed by atoms with Crippen molar-refractivity contribution in [2.24, 2.45) is 0 Å². The molecule has 0 aliphatic carbocycles. The third-order valence-corrected chi connectivity index (χ3v) is 0.977. The fourth-order valence-electron chi connectivity index (χ4n) is 0.220. The SMILES string of the molecule is O=c1nnccs1. The average molecular weight is 114 g/mol. The Hall–Kier alpha value is -0.770. The van der Waals surface area contributed by atoms with E-state index in [4.69, 9.17) is 0 Å². The van der Waals surface area contributed by atoms with Crippen molar-refractivity contribution >= 4 is 11.3 Å². The lowest BCUT2D eigenvalue weighted by Crippen LogP contribution is -1.98. The van der Waals surface area contributed by atoms with Gasteiger partial charge in [-0.25, -0.2) is 0 Å². The van der Waals surface area contributed by atoms with Crippen LogP contribution < -0.4 is 4.87 Å². The van der Waals surface area contributed by atoms with Gasteiger partial charge in [-0.05, 0) is 0 Å². The van der Waals surface area contributed by atoms with Crippen LogP contribution in [-0.2, 0) is 0 Å². The Morgan fingerprint density at radius 1 is 1.71 bits per heavy atom. The van der Waals surface area contributed by atoms with Crippen molar-refractivity contribution < 1.29 is 0 Å². The molecule has 0 aromatic carbocycles. The van der Waals surface area contributed by atoms with Crippen LogP contribution in [0.1, 0.15) is 0 Å². The van der Waals surface area contributed by atoms with Crippen molar-refractivity contribution in [1.29, 1.82) is 0 Å². The van der Waals surface area contributed by atoms with E-state index in [1.165, 1.54) is 6.20 Å². The lowest BCUT2D eigenvalue weighted by atomic mass is 11.0. The van der Waals surface area contributed by atoms with Gasteiger partial charge >= 0.3 is 4.87 Å². The highest BCUT2D eigenvalue weighted by molar-refractivity contribution is 7.06. The predicted octanol–water partition coefficient (Wildman–Crippen LogP) is -0.102. The zero-order valence-corrected chi connectivity index (χ0v) is 4.18. The van der Waals surface area contributed by atoms with Gasteiger partial charge in [-0.15, -0.1) is 0 Å². The molecule has 36 valence electrons. The molecular weight excluding hydrogens is 112 g/mol. The van der Waals surface area contributed by atoms with Crippen molar-refractivity contribution in [3.63, 3.8) is 0 Å². The molecule has 1 rings (SSSR count). The van der Waals surface area contributed by atoms with Crippen LogP contribution in [0.25, 0.3) is 0 Å². The molecule has 0 atom stereocenters. The molecule has 7 heavy (non-hydrogen) atoms. The van der Waals surface area contributed by atoms with Gasteiger partial charge in [-0.2, -0.15) is 5.10 Å². The molecule has 0 unspecified atom stereocenters. The van der Waals surface area contributed by atoms with Gasteiger partial charge in [0.15, 0.2) is 0 Å². The Morgan fingerprint density at radius 2 is 2.57 bits per heavy atom. The molecule has 1 heterocycles. The first-order valence-electron chi connectivity index (χ1n) is 1.66. The summed E-state index contributed by atoms with van der Waals surface area (Å²) in [5, 5.41) is 8.12. The second-order valence-corrected chi connectivity index (χ2v) is 1.74. The Labute approximate surface area is 43.7 Å². The molecule has 0 saturated carbocycles. The summed E-state index contributed by atoms with van der Waals surface area (Å²) >= 11 is 1.04. The molecule has 1 aromatic rings. The van der Waals surface area contributed by atoms with Gasteiger partial charge in [-0.3, -0.25) is 4.79 Å². The zero-order chi connectivity index (χ0) is 5.11. The quantitative estimate of drug-likeness (QED) is 0.473. The molecule has 4 heteroatoms. The van der Waals surface area contributed by atoms with Gasteiger partial charge in [0.25, 0.3) is 0 Å². The highest BCUT2D eigenvalue weighted by Gasteiger charge is 1.74. The zero-order valence-electron chi connectivity index (χ0n) is 3.37. The first-order valence-corrected chi connectivity index (χ1v) is 2.54. The van der Waals surface area contributed by atoms with Crippen LogP contribution in [-0.4, -0.2) is 10.2 Å². The van der Waals surface area contributed by atoms with Gasteiger partial charge < -0.3 is 0 Å². The highest BCUT2D eigenvalue weighted by atomic mass is 32.1. The summed E-state index contributed by atoms with van der Waals surface area (Å²) in [5.41, 5.74) is 0. The van der Waals surface area contributed by atoms with E-state index in [-0.39, 0.29) is 4.87 Å². The molecule has 0 aliphatic rings. The van der Waals surface area contributed by atoms with Crippen molar-refractivity contribution in [3.8, 4) is 0 Å². The van der Waals surface area contributed by atoms with Gasteiger partial charge in [0.05, 0.1) is 6.20 Å². The molecule has 0 aliphatic heterocycles. The van der Waals surface area contributed by atoms with E-state index in [2.05, 4.69) is 10.2 Å². The Balaban J connectivity index is 3.28. The van der Waals surface area contributed by atoms with E-state index in [1.54, 1.807) is 5.38 Å². The molecule has 0 N–H and O–H groups in total. The second kappa shape index (κ2) is 1.79. The van der Waals surface area contributed by atoms with Gasteiger partial charge in [0, 0.05) is 5.38 Å². The number of hydrogen-bond acceptors (Lipinski definition) is 4. The maximum Gasteiger partial charge on any atom is 0.344 e. The summed E-state index contributed by atoms with van der Waals surface area (Å²) in [4.78, 5) is 9.87. The normalized spacial score (nSPS) is 8.57. The molecule has 0 radical (unpaired) electrons. The highest BCUT2D eigenvalue weighted by Crippen LogP contribution is 1.73. The van der Waals surface area contributed by atoms with Crippen LogP contribution in [0, 0.1) is 0 Å². The largest absolute Gasteiger partial charge is 0.344 e. The molecule has 0 bridgehead atoms. The number of nitrogens with zero attached hydrogens (tertiary/aromatic N) is 2. The van der Waals surface area contributed by atoms with Crippen LogP contribution in [0.2, 0.25) is 0 Å². The summed E-state index contributed by atoms with van der Waals surface area (Å²) in [6, 6.07) is 0. The van der Waals surface area contributed by atoms with Gasteiger partial charge in [-0.1, -0.05) is 16.4 Å². The number of aromatic nitrogens is 2. The van der Waals surface area contributed by atoms with Crippen molar-refractivity contribution in [2.75, 3.05) is 0 Å². The monoisotopic (exact) mass is 114 g/mol.